The van der Waals surface area contributed by atoms with Crippen LogP contribution in [0.25, 0.3) is 0 Å². The molecule has 0 bridgehead atoms. The molecule has 1 saturated heterocycles. The van der Waals surface area contributed by atoms with E-state index in [4.69, 9.17) is 0 Å². The van der Waals surface area contributed by atoms with Crippen molar-refractivity contribution in [2.45, 2.75) is 19.4 Å². The number of aromatic nitrogens is 1. The fourth-order valence-electron chi connectivity index (χ4n) is 2.64. The van der Waals surface area contributed by atoms with Gasteiger partial charge in [0.2, 0.25) is 0 Å². The Morgan fingerprint density at radius 1 is 1.10 bits per heavy atom. The molecule has 0 unspecified atom stereocenters. The van der Waals surface area contributed by atoms with Crippen LogP contribution in [0, 0.1) is 0 Å². The SMILES string of the molecule is Brc1ncccc1NCc1ccccc1N1CCCC1. The van der Waals surface area contributed by atoms with E-state index >= 15 is 0 Å². The summed E-state index contributed by atoms with van der Waals surface area (Å²) in [5.74, 6) is 0. The van der Waals surface area contributed by atoms with Gasteiger partial charge in [-0.15, -0.1) is 0 Å². The molecule has 4 heteroatoms. The molecule has 1 aromatic heterocycles. The Hall–Kier alpha value is -1.55. The first-order valence-electron chi connectivity index (χ1n) is 7.02. The average Bonchev–Trinajstić information content (AvgIpc) is 3.01. The zero-order chi connectivity index (χ0) is 13.8. The minimum absolute atomic E-state index is 0.816. The van der Waals surface area contributed by atoms with Gasteiger partial charge in [0, 0.05) is 31.5 Å². The van der Waals surface area contributed by atoms with Gasteiger partial charge in [0.1, 0.15) is 4.60 Å². The zero-order valence-corrected chi connectivity index (χ0v) is 12.9. The highest BCUT2D eigenvalue weighted by Gasteiger charge is 2.15. The molecule has 1 aliphatic rings. The second-order valence-electron chi connectivity index (χ2n) is 5.02. The summed E-state index contributed by atoms with van der Waals surface area (Å²) in [6, 6.07) is 12.6. The number of benzene rings is 1. The molecular weight excluding hydrogens is 314 g/mol. The molecule has 3 rings (SSSR count). The Morgan fingerprint density at radius 3 is 2.70 bits per heavy atom. The monoisotopic (exact) mass is 331 g/mol. The minimum Gasteiger partial charge on any atom is -0.379 e. The van der Waals surface area contributed by atoms with Gasteiger partial charge in [0.05, 0.1) is 5.69 Å². The molecule has 0 atom stereocenters. The first-order valence-corrected chi connectivity index (χ1v) is 7.81. The Kier molecular flexibility index (Phi) is 4.21. The van der Waals surface area contributed by atoms with Crippen LogP contribution in [-0.4, -0.2) is 18.1 Å². The van der Waals surface area contributed by atoms with Crippen molar-refractivity contribution in [1.82, 2.24) is 4.98 Å². The van der Waals surface area contributed by atoms with E-state index in [0.717, 1.165) is 16.8 Å². The average molecular weight is 332 g/mol. The molecule has 1 aliphatic heterocycles. The number of anilines is 2. The number of nitrogens with zero attached hydrogens (tertiary/aromatic N) is 2. The number of hydrogen-bond acceptors (Lipinski definition) is 3. The minimum atomic E-state index is 0.816. The molecule has 2 heterocycles. The predicted molar refractivity (Wildman–Crippen MR) is 87.2 cm³/mol. The summed E-state index contributed by atoms with van der Waals surface area (Å²) in [6.45, 7) is 3.16. The van der Waals surface area contributed by atoms with Gasteiger partial charge >= 0.3 is 0 Å². The van der Waals surface area contributed by atoms with E-state index in [1.807, 2.05) is 12.1 Å². The van der Waals surface area contributed by atoms with Crippen molar-refractivity contribution in [1.29, 1.82) is 0 Å². The van der Waals surface area contributed by atoms with Crippen molar-refractivity contribution >= 4 is 27.3 Å². The normalized spacial score (nSPS) is 14.6. The van der Waals surface area contributed by atoms with Crippen LogP contribution >= 0.6 is 15.9 Å². The van der Waals surface area contributed by atoms with Crippen LogP contribution < -0.4 is 10.2 Å². The number of hydrogen-bond donors (Lipinski definition) is 1. The molecule has 0 amide bonds. The number of rotatable bonds is 4. The van der Waals surface area contributed by atoms with Crippen LogP contribution in [-0.2, 0) is 6.54 Å². The number of para-hydroxylation sites is 1. The van der Waals surface area contributed by atoms with Crippen LogP contribution in [0.4, 0.5) is 11.4 Å². The van der Waals surface area contributed by atoms with Gasteiger partial charge in [-0.1, -0.05) is 18.2 Å². The van der Waals surface area contributed by atoms with E-state index in [1.165, 1.54) is 37.2 Å². The summed E-state index contributed by atoms with van der Waals surface area (Å²) >= 11 is 3.47. The summed E-state index contributed by atoms with van der Waals surface area (Å²) in [7, 11) is 0. The van der Waals surface area contributed by atoms with Crippen molar-refractivity contribution in [3.8, 4) is 0 Å². The van der Waals surface area contributed by atoms with Crippen molar-refractivity contribution in [2.75, 3.05) is 23.3 Å². The van der Waals surface area contributed by atoms with Crippen molar-refractivity contribution < 1.29 is 0 Å². The maximum Gasteiger partial charge on any atom is 0.129 e. The number of halogens is 1. The van der Waals surface area contributed by atoms with E-state index < -0.39 is 0 Å². The lowest BCUT2D eigenvalue weighted by Gasteiger charge is -2.21. The molecule has 3 nitrogen and oxygen atoms in total. The summed E-state index contributed by atoms with van der Waals surface area (Å²) in [4.78, 5) is 6.72. The van der Waals surface area contributed by atoms with Gasteiger partial charge < -0.3 is 10.2 Å². The lowest BCUT2D eigenvalue weighted by Crippen LogP contribution is -2.19. The van der Waals surface area contributed by atoms with Gasteiger partial charge in [-0.2, -0.15) is 0 Å². The highest BCUT2D eigenvalue weighted by molar-refractivity contribution is 9.10. The standard InChI is InChI=1S/C16H18BrN3/c17-16-14(7-5-9-18-16)19-12-13-6-1-2-8-15(13)20-10-3-4-11-20/h1-2,5-9,19H,3-4,10-12H2. The molecule has 2 aromatic rings. The Labute approximate surface area is 128 Å². The molecule has 1 aromatic carbocycles. The third-order valence-electron chi connectivity index (χ3n) is 3.67. The molecule has 104 valence electrons. The maximum atomic E-state index is 4.24. The van der Waals surface area contributed by atoms with E-state index in [2.05, 4.69) is 55.4 Å². The summed E-state index contributed by atoms with van der Waals surface area (Å²) in [6.07, 6.45) is 4.39. The molecule has 1 fully saturated rings. The van der Waals surface area contributed by atoms with Crippen molar-refractivity contribution in [3.63, 3.8) is 0 Å². The number of nitrogens with one attached hydrogen (secondary N) is 1. The van der Waals surface area contributed by atoms with Crippen LogP contribution in [0.15, 0.2) is 47.2 Å². The molecule has 0 spiro atoms. The van der Waals surface area contributed by atoms with Crippen LogP contribution in [0.3, 0.4) is 0 Å². The lowest BCUT2D eigenvalue weighted by atomic mass is 10.1. The molecule has 0 aliphatic carbocycles. The van der Waals surface area contributed by atoms with Gasteiger partial charge in [0.25, 0.3) is 0 Å². The highest BCUT2D eigenvalue weighted by Crippen LogP contribution is 2.26. The molecule has 20 heavy (non-hydrogen) atoms. The van der Waals surface area contributed by atoms with Gasteiger partial charge in [-0.05, 0) is 52.5 Å². The van der Waals surface area contributed by atoms with Gasteiger partial charge in [-0.3, -0.25) is 0 Å². The van der Waals surface area contributed by atoms with Crippen LogP contribution in [0.2, 0.25) is 0 Å². The van der Waals surface area contributed by atoms with E-state index in [-0.39, 0.29) is 0 Å². The van der Waals surface area contributed by atoms with Crippen molar-refractivity contribution in [2.24, 2.45) is 0 Å². The highest BCUT2D eigenvalue weighted by atomic mass is 79.9. The van der Waals surface area contributed by atoms with Crippen LogP contribution in [0.1, 0.15) is 18.4 Å². The van der Waals surface area contributed by atoms with E-state index in [9.17, 15) is 0 Å². The lowest BCUT2D eigenvalue weighted by molar-refractivity contribution is 0.949. The van der Waals surface area contributed by atoms with Crippen molar-refractivity contribution in [3.05, 3.63) is 52.8 Å². The van der Waals surface area contributed by atoms with Crippen LogP contribution in [0.5, 0.6) is 0 Å². The fraction of sp³-hybridized carbons (Fsp3) is 0.312. The summed E-state index contributed by atoms with van der Waals surface area (Å²) < 4.78 is 0.860. The van der Waals surface area contributed by atoms with E-state index in [0.29, 0.717) is 0 Å². The third kappa shape index (κ3) is 2.96. The summed E-state index contributed by atoms with van der Waals surface area (Å²) in [5, 5.41) is 3.46. The third-order valence-corrected chi connectivity index (χ3v) is 4.30. The predicted octanol–water partition coefficient (Wildman–Crippen LogP) is 4.06. The maximum absolute atomic E-state index is 4.24. The molecule has 0 saturated carbocycles. The van der Waals surface area contributed by atoms with Gasteiger partial charge in [0.15, 0.2) is 0 Å². The topological polar surface area (TPSA) is 28.2 Å². The zero-order valence-electron chi connectivity index (χ0n) is 11.3. The van der Waals surface area contributed by atoms with Gasteiger partial charge in [-0.25, -0.2) is 4.98 Å². The second kappa shape index (κ2) is 6.27. The quantitative estimate of drug-likeness (QED) is 0.856. The summed E-state index contributed by atoms with van der Waals surface area (Å²) in [5.41, 5.74) is 3.73. The Balaban J connectivity index is 1.76. The Morgan fingerprint density at radius 2 is 1.90 bits per heavy atom. The first-order chi connectivity index (χ1) is 9.84. The molecular formula is C16H18BrN3. The molecule has 1 N–H and O–H groups in total. The fourth-order valence-corrected chi connectivity index (χ4v) is 3.03. The smallest absolute Gasteiger partial charge is 0.129 e. The number of pyridine rings is 1. The molecule has 0 radical (unpaired) electrons. The largest absolute Gasteiger partial charge is 0.379 e. The Bertz CT molecular complexity index is 579. The second-order valence-corrected chi connectivity index (χ2v) is 5.77. The van der Waals surface area contributed by atoms with E-state index in [1.54, 1.807) is 6.20 Å². The first kappa shape index (κ1) is 13.4.